The highest BCUT2D eigenvalue weighted by Crippen LogP contribution is 2.39. The Bertz CT molecular complexity index is 1650. The number of benzene rings is 1. The molecule has 40 heavy (non-hydrogen) atoms. The van der Waals surface area contributed by atoms with E-state index >= 15 is 8.78 Å². The Morgan fingerprint density at radius 3 is 2.25 bits per heavy atom. The topological polar surface area (TPSA) is 74.4 Å². The molecular formula is C28H20F5N5O2. The van der Waals surface area contributed by atoms with Crippen LogP contribution in [0.3, 0.4) is 0 Å². The van der Waals surface area contributed by atoms with E-state index < -0.39 is 30.7 Å². The fourth-order valence-corrected chi connectivity index (χ4v) is 4.27. The molecule has 0 bridgehead atoms. The Hall–Kier alpha value is -4.45. The van der Waals surface area contributed by atoms with E-state index in [1.165, 1.54) is 30.6 Å². The number of pyridine rings is 3. The van der Waals surface area contributed by atoms with Crippen LogP contribution in [0.25, 0.3) is 27.9 Å². The van der Waals surface area contributed by atoms with Crippen LogP contribution in [0.4, 0.5) is 22.0 Å². The molecule has 0 saturated heterocycles. The van der Waals surface area contributed by atoms with Crippen LogP contribution >= 0.6 is 0 Å². The van der Waals surface area contributed by atoms with Gasteiger partial charge in [0.2, 0.25) is 5.82 Å². The average Bonchev–Trinajstić information content (AvgIpc) is 3.70. The first kappa shape index (κ1) is 25.8. The lowest BCUT2D eigenvalue weighted by molar-refractivity contribution is -0.274. The number of fused-ring (bicyclic) bond motifs is 1. The molecule has 0 atom stereocenters. The highest BCUT2D eigenvalue weighted by atomic mass is 19.4. The quantitative estimate of drug-likeness (QED) is 0.195. The highest BCUT2D eigenvalue weighted by molar-refractivity contribution is 5.65. The number of aromatic nitrogens is 5. The van der Waals surface area contributed by atoms with Crippen LogP contribution in [-0.4, -0.2) is 30.9 Å². The number of nitrogens with zero attached hydrogens (tertiary/aromatic N) is 5. The smallest absolute Gasteiger partial charge is 0.406 e. The lowest BCUT2D eigenvalue weighted by Gasteiger charge is -2.15. The summed E-state index contributed by atoms with van der Waals surface area (Å²) in [6.45, 7) is -0.496. The largest absolute Gasteiger partial charge is 0.573 e. The van der Waals surface area contributed by atoms with E-state index in [4.69, 9.17) is 4.74 Å². The van der Waals surface area contributed by atoms with Gasteiger partial charge in [0.25, 0.3) is 0 Å². The number of halogens is 5. The molecule has 4 heterocycles. The summed E-state index contributed by atoms with van der Waals surface area (Å²) in [4.78, 5) is 8.65. The van der Waals surface area contributed by atoms with Gasteiger partial charge in [-0.1, -0.05) is 18.2 Å². The molecule has 5 aromatic rings. The molecule has 7 nitrogen and oxygen atoms in total. The lowest BCUT2D eigenvalue weighted by Crippen LogP contribution is -2.22. The fourth-order valence-electron chi connectivity index (χ4n) is 4.27. The number of ether oxygens (including phenoxy) is 2. The molecule has 0 aliphatic heterocycles. The van der Waals surface area contributed by atoms with Gasteiger partial charge in [-0.3, -0.25) is 14.4 Å². The number of hydrogen-bond acceptors (Lipinski definition) is 6. The third kappa shape index (κ3) is 5.62. The molecule has 204 valence electrons. The molecular weight excluding hydrogens is 533 g/mol. The maximum atomic E-state index is 15.2. The van der Waals surface area contributed by atoms with Crippen LogP contribution in [-0.2, 0) is 17.5 Å². The fraction of sp³-hybridized carbons (Fsp3) is 0.214. The second-order valence-corrected chi connectivity index (χ2v) is 9.33. The van der Waals surface area contributed by atoms with Gasteiger partial charge in [0.15, 0.2) is 5.65 Å². The zero-order chi connectivity index (χ0) is 27.9. The molecule has 0 spiro atoms. The number of rotatable bonds is 8. The predicted molar refractivity (Wildman–Crippen MR) is 133 cm³/mol. The zero-order valence-corrected chi connectivity index (χ0v) is 20.6. The Kier molecular flexibility index (Phi) is 6.41. The van der Waals surface area contributed by atoms with Gasteiger partial charge in [0.1, 0.15) is 5.75 Å². The van der Waals surface area contributed by atoms with Gasteiger partial charge in [0.05, 0.1) is 12.3 Å². The molecule has 6 rings (SSSR count). The van der Waals surface area contributed by atoms with Gasteiger partial charge in [-0.25, -0.2) is 0 Å². The van der Waals surface area contributed by atoms with Gasteiger partial charge in [-0.2, -0.15) is 8.78 Å². The minimum absolute atomic E-state index is 0.140. The van der Waals surface area contributed by atoms with Crippen LogP contribution in [0.5, 0.6) is 5.75 Å². The standard InChI is InChI=1S/C28H20F5N5O2/c29-27(30,39-16-22-13-19(11-12-34-22)20-5-9-24(35-14-20)18-1-2-18)26-37-36-25-10-6-21(15-38(25)26)17-3-7-23(8-4-17)40-28(31,32)33/h3-15,18H,1-2,16H2. The van der Waals surface area contributed by atoms with E-state index in [9.17, 15) is 13.2 Å². The van der Waals surface area contributed by atoms with Crippen molar-refractivity contribution in [3.8, 4) is 28.0 Å². The molecule has 12 heteroatoms. The van der Waals surface area contributed by atoms with Crippen molar-refractivity contribution in [2.24, 2.45) is 0 Å². The molecule has 4 aromatic heterocycles. The Morgan fingerprint density at radius 2 is 1.55 bits per heavy atom. The first-order chi connectivity index (χ1) is 19.1. The van der Waals surface area contributed by atoms with Crippen molar-refractivity contribution >= 4 is 5.65 Å². The van der Waals surface area contributed by atoms with Crippen molar-refractivity contribution in [3.05, 3.63) is 96.5 Å². The molecule has 1 aromatic carbocycles. The first-order valence-electron chi connectivity index (χ1n) is 12.3. The minimum atomic E-state index is -4.82. The van der Waals surface area contributed by atoms with Crippen molar-refractivity contribution in [2.75, 3.05) is 0 Å². The van der Waals surface area contributed by atoms with Crippen molar-refractivity contribution in [3.63, 3.8) is 0 Å². The van der Waals surface area contributed by atoms with Gasteiger partial charge >= 0.3 is 12.5 Å². The van der Waals surface area contributed by atoms with Crippen molar-refractivity contribution < 1.29 is 31.4 Å². The maximum Gasteiger partial charge on any atom is 0.573 e. The molecule has 1 aliphatic carbocycles. The van der Waals surface area contributed by atoms with Gasteiger partial charge in [0, 0.05) is 35.8 Å². The van der Waals surface area contributed by atoms with Crippen molar-refractivity contribution in [1.29, 1.82) is 0 Å². The molecule has 1 saturated carbocycles. The molecule has 0 amide bonds. The molecule has 0 N–H and O–H groups in total. The summed E-state index contributed by atoms with van der Waals surface area (Å²) in [5.41, 5.74) is 4.02. The summed E-state index contributed by atoms with van der Waals surface area (Å²) < 4.78 is 77.6. The lowest BCUT2D eigenvalue weighted by atomic mass is 10.1. The van der Waals surface area contributed by atoms with E-state index in [0.29, 0.717) is 22.7 Å². The van der Waals surface area contributed by atoms with Gasteiger partial charge in [-0.05, 0) is 72.0 Å². The summed E-state index contributed by atoms with van der Waals surface area (Å²) in [6, 6.07) is 15.5. The maximum absolute atomic E-state index is 15.2. The van der Waals surface area contributed by atoms with Crippen LogP contribution in [0.1, 0.15) is 36.0 Å². The SMILES string of the molecule is FC(F)(F)Oc1ccc(-c2ccc3nnc(C(F)(F)OCc4cc(-c5ccc(C6CC6)nc5)ccn4)n3c2)cc1. The first-order valence-corrected chi connectivity index (χ1v) is 12.3. The molecule has 1 aliphatic rings. The monoisotopic (exact) mass is 553 g/mol. The normalized spacial score (nSPS) is 14.0. The van der Waals surface area contributed by atoms with Crippen LogP contribution < -0.4 is 4.74 Å². The van der Waals surface area contributed by atoms with Crippen LogP contribution in [0.15, 0.2) is 79.3 Å². The Labute approximate surface area is 224 Å². The minimum Gasteiger partial charge on any atom is -0.406 e. The van der Waals surface area contributed by atoms with Crippen LogP contribution in [0.2, 0.25) is 0 Å². The second-order valence-electron chi connectivity index (χ2n) is 9.33. The summed E-state index contributed by atoms with van der Waals surface area (Å²) in [5, 5.41) is 7.42. The van der Waals surface area contributed by atoms with Crippen molar-refractivity contribution in [1.82, 2.24) is 24.6 Å². The van der Waals surface area contributed by atoms with E-state index in [0.717, 1.165) is 46.2 Å². The summed E-state index contributed by atoms with van der Waals surface area (Å²) in [6.07, 6.45) is -1.71. The van der Waals surface area contributed by atoms with Gasteiger partial charge in [-0.15, -0.1) is 23.4 Å². The summed E-state index contributed by atoms with van der Waals surface area (Å²) in [5.74, 6) is -0.621. The predicted octanol–water partition coefficient (Wildman–Crippen LogP) is 6.90. The third-order valence-corrected chi connectivity index (χ3v) is 6.42. The molecule has 0 unspecified atom stereocenters. The van der Waals surface area contributed by atoms with E-state index in [1.54, 1.807) is 24.4 Å². The molecule has 0 radical (unpaired) electrons. The third-order valence-electron chi connectivity index (χ3n) is 6.42. The van der Waals surface area contributed by atoms with Gasteiger partial charge < -0.3 is 9.47 Å². The molecule has 1 fully saturated rings. The van der Waals surface area contributed by atoms with E-state index in [2.05, 4.69) is 24.9 Å². The van der Waals surface area contributed by atoms with Crippen LogP contribution in [0, 0.1) is 0 Å². The van der Waals surface area contributed by atoms with E-state index in [1.807, 2.05) is 12.1 Å². The summed E-state index contributed by atoms with van der Waals surface area (Å²) >= 11 is 0. The van der Waals surface area contributed by atoms with E-state index in [-0.39, 0.29) is 5.65 Å². The summed E-state index contributed by atoms with van der Waals surface area (Å²) in [7, 11) is 0. The second kappa shape index (κ2) is 9.94. The Morgan fingerprint density at radius 1 is 0.800 bits per heavy atom. The zero-order valence-electron chi connectivity index (χ0n) is 20.6. The highest BCUT2D eigenvalue weighted by Gasteiger charge is 2.39. The Balaban J connectivity index is 1.19. The number of hydrogen-bond donors (Lipinski definition) is 0. The average molecular weight is 553 g/mol. The van der Waals surface area contributed by atoms with Crippen molar-refractivity contribution in [2.45, 2.75) is 37.8 Å². The number of alkyl halides is 5.